The minimum atomic E-state index is -0.339. The van der Waals surface area contributed by atoms with Gasteiger partial charge < -0.3 is 0 Å². The maximum Gasteiger partial charge on any atom is 0.127 e. The highest BCUT2D eigenvalue weighted by Crippen LogP contribution is 2.28. The zero-order chi connectivity index (χ0) is 14.7. The van der Waals surface area contributed by atoms with E-state index in [1.165, 1.54) is 6.07 Å². The van der Waals surface area contributed by atoms with Crippen LogP contribution < -0.4 is 11.3 Å². The van der Waals surface area contributed by atoms with Gasteiger partial charge in [0, 0.05) is 14.2 Å². The molecule has 2 rings (SSSR count). The molecule has 6 heteroatoms. The molecule has 0 radical (unpaired) electrons. The van der Waals surface area contributed by atoms with Crippen molar-refractivity contribution in [2.75, 3.05) is 0 Å². The summed E-state index contributed by atoms with van der Waals surface area (Å²) in [5.74, 6) is 5.24. The Kier molecular flexibility index (Phi) is 5.63. The number of benzene rings is 2. The lowest BCUT2D eigenvalue weighted by Gasteiger charge is -2.18. The van der Waals surface area contributed by atoms with Crippen molar-refractivity contribution in [3.8, 4) is 0 Å². The van der Waals surface area contributed by atoms with Crippen molar-refractivity contribution in [1.29, 1.82) is 0 Å². The molecule has 2 aromatic carbocycles. The van der Waals surface area contributed by atoms with Gasteiger partial charge in [-0.1, -0.05) is 35.3 Å². The van der Waals surface area contributed by atoms with Gasteiger partial charge in [0.15, 0.2) is 0 Å². The number of hydrazine groups is 1. The molecule has 0 aliphatic carbocycles. The summed E-state index contributed by atoms with van der Waals surface area (Å²) < 4.78 is 14.8. The summed E-state index contributed by atoms with van der Waals surface area (Å²) in [6, 6.07) is 9.98. The second-order valence-electron chi connectivity index (χ2n) is 4.30. The lowest BCUT2D eigenvalue weighted by Crippen LogP contribution is -2.30. The van der Waals surface area contributed by atoms with E-state index >= 15 is 0 Å². The molecule has 0 fully saturated rings. The summed E-state index contributed by atoms with van der Waals surface area (Å²) >= 11 is 14.3. The Morgan fingerprint density at radius 2 is 1.95 bits per heavy atom. The molecule has 0 spiro atoms. The standard InChI is InChI=1S/C14H12Cl2FIN2/c15-10-2-1-3-12(17)9(10)7-14(20-19)8-4-5-13(18)11(16)6-8/h1-6,14,20H,7,19H2. The van der Waals surface area contributed by atoms with Crippen molar-refractivity contribution < 1.29 is 4.39 Å². The topological polar surface area (TPSA) is 38.0 Å². The van der Waals surface area contributed by atoms with E-state index in [2.05, 4.69) is 28.0 Å². The third kappa shape index (κ3) is 3.62. The van der Waals surface area contributed by atoms with Crippen LogP contribution >= 0.6 is 45.8 Å². The maximum atomic E-state index is 13.8. The SMILES string of the molecule is NNC(Cc1c(F)cccc1Cl)c1ccc(I)c(Cl)c1. The second-order valence-corrected chi connectivity index (χ2v) is 6.27. The molecule has 1 unspecified atom stereocenters. The Hall–Kier alpha value is -0.400. The molecule has 2 nitrogen and oxygen atoms in total. The molecule has 2 aromatic rings. The van der Waals surface area contributed by atoms with E-state index < -0.39 is 0 Å². The summed E-state index contributed by atoms with van der Waals surface area (Å²) in [6.45, 7) is 0. The van der Waals surface area contributed by atoms with Crippen LogP contribution in [0.25, 0.3) is 0 Å². The van der Waals surface area contributed by atoms with E-state index in [0.29, 0.717) is 22.0 Å². The van der Waals surface area contributed by atoms with Gasteiger partial charge in [-0.15, -0.1) is 0 Å². The van der Waals surface area contributed by atoms with Crippen LogP contribution in [0.4, 0.5) is 4.39 Å². The number of nitrogens with two attached hydrogens (primary N) is 1. The van der Waals surface area contributed by atoms with Gasteiger partial charge in [0.1, 0.15) is 5.82 Å². The fraction of sp³-hybridized carbons (Fsp3) is 0.143. The quantitative estimate of drug-likeness (QED) is 0.431. The third-order valence-electron chi connectivity index (χ3n) is 3.02. The number of rotatable bonds is 4. The van der Waals surface area contributed by atoms with Gasteiger partial charge in [-0.3, -0.25) is 11.3 Å². The highest BCUT2D eigenvalue weighted by Gasteiger charge is 2.16. The first kappa shape index (κ1) is 16.0. The zero-order valence-corrected chi connectivity index (χ0v) is 14.0. The van der Waals surface area contributed by atoms with Crippen molar-refractivity contribution >= 4 is 45.8 Å². The van der Waals surface area contributed by atoms with Crippen LogP contribution in [0.2, 0.25) is 10.0 Å². The molecule has 20 heavy (non-hydrogen) atoms. The maximum absolute atomic E-state index is 13.8. The number of hydrogen-bond donors (Lipinski definition) is 2. The minimum absolute atomic E-state index is 0.265. The molecular weight excluding hydrogens is 413 g/mol. The normalized spacial score (nSPS) is 12.4. The average Bonchev–Trinajstić information content (AvgIpc) is 2.42. The van der Waals surface area contributed by atoms with E-state index in [0.717, 1.165) is 9.13 Å². The molecule has 0 aromatic heterocycles. The van der Waals surface area contributed by atoms with Gasteiger partial charge in [0.25, 0.3) is 0 Å². The molecule has 0 aliphatic rings. The van der Waals surface area contributed by atoms with Crippen molar-refractivity contribution in [3.05, 3.63) is 67.0 Å². The molecular formula is C14H12Cl2FIN2. The molecule has 0 saturated heterocycles. The second kappa shape index (κ2) is 7.04. The third-order valence-corrected chi connectivity index (χ3v) is 4.94. The van der Waals surface area contributed by atoms with E-state index in [4.69, 9.17) is 29.0 Å². The van der Waals surface area contributed by atoms with Crippen molar-refractivity contribution in [2.45, 2.75) is 12.5 Å². The largest absolute Gasteiger partial charge is 0.271 e. The first-order valence-electron chi connectivity index (χ1n) is 5.87. The average molecular weight is 425 g/mol. The Morgan fingerprint density at radius 3 is 2.55 bits per heavy atom. The van der Waals surface area contributed by atoms with Crippen molar-refractivity contribution in [2.24, 2.45) is 5.84 Å². The Labute approximate surface area is 140 Å². The molecule has 0 heterocycles. The molecule has 0 aliphatic heterocycles. The van der Waals surface area contributed by atoms with Crippen LogP contribution in [0.1, 0.15) is 17.2 Å². The van der Waals surface area contributed by atoms with Gasteiger partial charge in [0.2, 0.25) is 0 Å². The van der Waals surface area contributed by atoms with E-state index in [9.17, 15) is 4.39 Å². The van der Waals surface area contributed by atoms with Gasteiger partial charge in [-0.2, -0.15) is 0 Å². The molecule has 1 atom stereocenters. The first-order valence-corrected chi connectivity index (χ1v) is 7.70. The van der Waals surface area contributed by atoms with Crippen LogP contribution in [0, 0.1) is 9.39 Å². The van der Waals surface area contributed by atoms with E-state index in [1.807, 2.05) is 18.2 Å². The van der Waals surface area contributed by atoms with Crippen molar-refractivity contribution in [1.82, 2.24) is 5.43 Å². The molecule has 0 saturated carbocycles. The summed E-state index contributed by atoms with van der Waals surface area (Å²) in [6.07, 6.45) is 0.346. The van der Waals surface area contributed by atoms with Crippen LogP contribution in [-0.4, -0.2) is 0 Å². The molecule has 106 valence electrons. The highest BCUT2D eigenvalue weighted by molar-refractivity contribution is 14.1. The predicted octanol–water partition coefficient (Wildman–Crippen LogP) is 4.48. The van der Waals surface area contributed by atoms with Crippen LogP contribution in [0.3, 0.4) is 0 Å². The van der Waals surface area contributed by atoms with Gasteiger partial charge in [-0.05, 0) is 58.8 Å². The Balaban J connectivity index is 2.31. The van der Waals surface area contributed by atoms with Gasteiger partial charge in [0.05, 0.1) is 11.1 Å². The summed E-state index contributed by atoms with van der Waals surface area (Å²) in [7, 11) is 0. The smallest absolute Gasteiger partial charge is 0.127 e. The zero-order valence-electron chi connectivity index (χ0n) is 10.3. The number of halogens is 4. The molecule has 0 bridgehead atoms. The highest BCUT2D eigenvalue weighted by atomic mass is 127. The van der Waals surface area contributed by atoms with Gasteiger partial charge in [-0.25, -0.2) is 4.39 Å². The minimum Gasteiger partial charge on any atom is -0.271 e. The lowest BCUT2D eigenvalue weighted by atomic mass is 9.99. The van der Waals surface area contributed by atoms with Gasteiger partial charge >= 0.3 is 0 Å². The lowest BCUT2D eigenvalue weighted by molar-refractivity contribution is 0.529. The Bertz CT molecular complexity index is 602. The number of nitrogens with one attached hydrogen (secondary N) is 1. The van der Waals surface area contributed by atoms with Crippen LogP contribution in [0.5, 0.6) is 0 Å². The predicted molar refractivity (Wildman–Crippen MR) is 89.3 cm³/mol. The Morgan fingerprint density at radius 1 is 1.20 bits per heavy atom. The van der Waals surface area contributed by atoms with Crippen molar-refractivity contribution in [3.63, 3.8) is 0 Å². The van der Waals surface area contributed by atoms with E-state index in [1.54, 1.807) is 12.1 Å². The van der Waals surface area contributed by atoms with Crippen LogP contribution in [-0.2, 0) is 6.42 Å². The number of hydrogen-bond acceptors (Lipinski definition) is 2. The summed E-state index contributed by atoms with van der Waals surface area (Å²) in [5.41, 5.74) is 4.00. The monoisotopic (exact) mass is 424 g/mol. The fourth-order valence-electron chi connectivity index (χ4n) is 1.93. The van der Waals surface area contributed by atoms with E-state index in [-0.39, 0.29) is 11.9 Å². The molecule has 3 N–H and O–H groups in total. The first-order chi connectivity index (χ1) is 9.52. The van der Waals surface area contributed by atoms with Crippen LogP contribution in [0.15, 0.2) is 36.4 Å². The molecule has 0 amide bonds. The summed E-state index contributed by atoms with van der Waals surface area (Å²) in [5, 5.41) is 1.03. The summed E-state index contributed by atoms with van der Waals surface area (Å²) in [4.78, 5) is 0. The fourth-order valence-corrected chi connectivity index (χ4v) is 2.70.